The molecule has 0 bridgehead atoms. The normalized spacial score (nSPS) is 11.9. The summed E-state index contributed by atoms with van der Waals surface area (Å²) in [6.45, 7) is 9.42. The highest BCUT2D eigenvalue weighted by molar-refractivity contribution is 6.30. The van der Waals surface area contributed by atoms with Crippen LogP contribution in [0.15, 0.2) is 22.8 Å². The molecule has 0 radical (unpaired) electrons. The van der Waals surface area contributed by atoms with Crippen LogP contribution >= 0.6 is 11.6 Å². The fraction of sp³-hybridized carbons (Fsp3) is 0.476. The number of hydrogen-bond donors (Lipinski definition) is 0. The number of hydrogen-bond acceptors (Lipinski definition) is 5. The Bertz CT molecular complexity index is 884. The van der Waals surface area contributed by atoms with E-state index in [0.29, 0.717) is 34.8 Å². The smallest absolute Gasteiger partial charge is 0.355 e. The average molecular weight is 423 g/mol. The van der Waals surface area contributed by atoms with E-state index >= 15 is 0 Å². The fourth-order valence-corrected chi connectivity index (χ4v) is 3.61. The van der Waals surface area contributed by atoms with Crippen LogP contribution in [0.1, 0.15) is 58.6 Å². The first-order chi connectivity index (χ1) is 13.7. The van der Waals surface area contributed by atoms with Crippen molar-refractivity contribution in [2.75, 3.05) is 13.2 Å². The van der Waals surface area contributed by atoms with Gasteiger partial charge < -0.3 is 18.6 Å². The maximum atomic E-state index is 13.2. The summed E-state index contributed by atoms with van der Waals surface area (Å²) in [4.78, 5) is 39.5. The van der Waals surface area contributed by atoms with Crippen molar-refractivity contribution in [2.45, 2.75) is 53.1 Å². The van der Waals surface area contributed by atoms with Crippen molar-refractivity contribution in [2.24, 2.45) is 0 Å². The van der Waals surface area contributed by atoms with Crippen molar-refractivity contribution in [1.82, 2.24) is 9.47 Å². The van der Waals surface area contributed by atoms with Crippen LogP contribution in [0, 0.1) is 13.8 Å². The van der Waals surface area contributed by atoms with Gasteiger partial charge in [0.25, 0.3) is 0 Å². The number of aromatic nitrogens is 1. The molecule has 2 rings (SSSR count). The van der Waals surface area contributed by atoms with E-state index in [1.807, 2.05) is 6.92 Å². The monoisotopic (exact) mass is 422 g/mol. The minimum absolute atomic E-state index is 0.131. The molecule has 29 heavy (non-hydrogen) atoms. The number of ether oxygens (including phenoxy) is 1. The van der Waals surface area contributed by atoms with Gasteiger partial charge in [-0.3, -0.25) is 9.59 Å². The Morgan fingerprint density at radius 2 is 1.97 bits per heavy atom. The van der Waals surface area contributed by atoms with Gasteiger partial charge in [-0.15, -0.1) is 11.6 Å². The van der Waals surface area contributed by atoms with Crippen LogP contribution in [0.4, 0.5) is 0 Å². The Hall–Kier alpha value is -2.54. The molecule has 8 heteroatoms. The second-order valence-electron chi connectivity index (χ2n) is 6.71. The number of rotatable bonds is 9. The van der Waals surface area contributed by atoms with Crippen LogP contribution in [0.5, 0.6) is 0 Å². The number of furan rings is 1. The molecule has 1 atom stereocenters. The number of amides is 1. The van der Waals surface area contributed by atoms with Crippen molar-refractivity contribution in [3.05, 3.63) is 46.7 Å². The lowest BCUT2D eigenvalue weighted by molar-refractivity contribution is -0.130. The molecule has 0 aliphatic heterocycles. The summed E-state index contributed by atoms with van der Waals surface area (Å²) < 4.78 is 12.2. The third-order valence-corrected chi connectivity index (χ3v) is 4.93. The van der Waals surface area contributed by atoms with Crippen LogP contribution in [-0.4, -0.2) is 45.7 Å². The Morgan fingerprint density at radius 1 is 1.28 bits per heavy atom. The highest BCUT2D eigenvalue weighted by atomic mass is 35.5. The molecular formula is C21H27ClN2O5. The minimum atomic E-state index is -0.782. The summed E-state index contributed by atoms with van der Waals surface area (Å²) in [6, 6.07) is 3.44. The van der Waals surface area contributed by atoms with Gasteiger partial charge in [0.05, 0.1) is 26.0 Å². The van der Waals surface area contributed by atoms with Crippen molar-refractivity contribution in [3.8, 4) is 0 Å². The number of carbonyl (C=O) groups excluding carboxylic acids is 3. The molecule has 0 aliphatic rings. The van der Waals surface area contributed by atoms with Crippen LogP contribution in [0.2, 0.25) is 0 Å². The predicted octanol–water partition coefficient (Wildman–Crippen LogP) is 3.73. The van der Waals surface area contributed by atoms with E-state index in [1.54, 1.807) is 44.4 Å². The zero-order valence-electron chi connectivity index (χ0n) is 17.5. The maximum absolute atomic E-state index is 13.2. The van der Waals surface area contributed by atoms with E-state index in [2.05, 4.69) is 0 Å². The number of alkyl halides is 1. The Balaban J connectivity index is 2.38. The number of nitrogens with zero attached hydrogens (tertiary/aromatic N) is 2. The lowest BCUT2D eigenvalue weighted by Gasteiger charge is -2.22. The molecule has 0 aromatic carbocycles. The topological polar surface area (TPSA) is 81.8 Å². The van der Waals surface area contributed by atoms with Crippen LogP contribution in [0.3, 0.4) is 0 Å². The first kappa shape index (κ1) is 22.7. The molecule has 0 fully saturated rings. The van der Waals surface area contributed by atoms with Crippen LogP contribution in [-0.2, 0) is 22.6 Å². The van der Waals surface area contributed by atoms with Crippen LogP contribution in [0.25, 0.3) is 0 Å². The molecule has 2 heterocycles. The first-order valence-electron chi connectivity index (χ1n) is 9.58. The number of carbonyl (C=O) groups is 3. The molecule has 0 unspecified atom stereocenters. The van der Waals surface area contributed by atoms with E-state index in [9.17, 15) is 14.4 Å². The van der Waals surface area contributed by atoms with Gasteiger partial charge in [-0.1, -0.05) is 0 Å². The summed E-state index contributed by atoms with van der Waals surface area (Å²) in [5, 5.41) is -0.782. The Kier molecular flexibility index (Phi) is 7.67. The number of esters is 1. The fourth-order valence-electron chi connectivity index (χ4n) is 3.47. The lowest BCUT2D eigenvalue weighted by Crippen LogP contribution is -2.39. The molecule has 1 amide bonds. The van der Waals surface area contributed by atoms with Crippen LogP contribution < -0.4 is 0 Å². The Labute approximate surface area is 175 Å². The van der Waals surface area contributed by atoms with Gasteiger partial charge in [-0.2, -0.15) is 0 Å². The molecule has 0 N–H and O–H groups in total. The van der Waals surface area contributed by atoms with Gasteiger partial charge in [0, 0.05) is 17.8 Å². The highest BCUT2D eigenvalue weighted by Gasteiger charge is 2.29. The molecule has 7 nitrogen and oxygen atoms in total. The molecule has 0 aliphatic carbocycles. The summed E-state index contributed by atoms with van der Waals surface area (Å²) in [5.41, 5.74) is 2.01. The molecular weight excluding hydrogens is 396 g/mol. The largest absolute Gasteiger partial charge is 0.467 e. The maximum Gasteiger partial charge on any atom is 0.355 e. The molecule has 158 valence electrons. The third kappa shape index (κ3) is 4.90. The standard InChI is InChI=1S/C21H27ClN2O5/c1-6-24-15(5)18(13(3)19(24)21(27)28-7-2)17(25)12-23(20(26)14(4)22)11-16-9-8-10-29-16/h8-10,14H,6-7,11-12H2,1-5H3/t14-/m1/s1. The van der Waals surface area contributed by atoms with Gasteiger partial charge in [0.15, 0.2) is 5.78 Å². The summed E-state index contributed by atoms with van der Waals surface area (Å²) in [7, 11) is 0. The molecule has 2 aromatic rings. The van der Waals surface area contributed by atoms with Gasteiger partial charge in [0.1, 0.15) is 16.8 Å². The zero-order chi connectivity index (χ0) is 21.7. The van der Waals surface area contributed by atoms with E-state index in [4.69, 9.17) is 20.8 Å². The van der Waals surface area contributed by atoms with Gasteiger partial charge in [-0.05, 0) is 52.3 Å². The SMILES string of the molecule is CCOC(=O)c1c(C)c(C(=O)CN(Cc2ccco2)C(=O)[C@@H](C)Cl)c(C)n1CC. The van der Waals surface area contributed by atoms with Crippen molar-refractivity contribution in [3.63, 3.8) is 0 Å². The van der Waals surface area contributed by atoms with Crippen molar-refractivity contribution >= 4 is 29.3 Å². The van der Waals surface area contributed by atoms with E-state index in [-0.39, 0.29) is 31.4 Å². The summed E-state index contributed by atoms with van der Waals surface area (Å²) in [5.74, 6) is -0.551. The number of Topliss-reactive ketones (excluding diaryl/α,β-unsaturated/α-hetero) is 1. The summed E-state index contributed by atoms with van der Waals surface area (Å²) >= 11 is 5.98. The number of ketones is 1. The quantitative estimate of drug-likeness (QED) is 0.349. The predicted molar refractivity (Wildman–Crippen MR) is 109 cm³/mol. The number of halogens is 1. The average Bonchev–Trinajstić information content (AvgIpc) is 3.25. The van der Waals surface area contributed by atoms with E-state index in [0.717, 1.165) is 0 Å². The molecule has 2 aromatic heterocycles. The zero-order valence-corrected chi connectivity index (χ0v) is 18.2. The summed E-state index contributed by atoms with van der Waals surface area (Å²) in [6.07, 6.45) is 1.51. The van der Waals surface area contributed by atoms with E-state index in [1.165, 1.54) is 11.2 Å². The second kappa shape index (κ2) is 9.78. The van der Waals surface area contributed by atoms with Gasteiger partial charge >= 0.3 is 5.97 Å². The molecule has 0 spiro atoms. The molecule has 0 saturated carbocycles. The van der Waals surface area contributed by atoms with Gasteiger partial charge in [0.2, 0.25) is 5.91 Å². The second-order valence-corrected chi connectivity index (χ2v) is 7.37. The van der Waals surface area contributed by atoms with Gasteiger partial charge in [-0.25, -0.2) is 4.79 Å². The van der Waals surface area contributed by atoms with Crippen molar-refractivity contribution in [1.29, 1.82) is 0 Å². The Morgan fingerprint density at radius 3 is 2.48 bits per heavy atom. The highest BCUT2D eigenvalue weighted by Crippen LogP contribution is 2.24. The lowest BCUT2D eigenvalue weighted by atomic mass is 10.0. The molecule has 0 saturated heterocycles. The van der Waals surface area contributed by atoms with E-state index < -0.39 is 11.3 Å². The minimum Gasteiger partial charge on any atom is -0.467 e. The first-order valence-corrected chi connectivity index (χ1v) is 10.0. The third-order valence-electron chi connectivity index (χ3n) is 4.74. The van der Waals surface area contributed by atoms with Crippen molar-refractivity contribution < 1.29 is 23.5 Å².